The van der Waals surface area contributed by atoms with Gasteiger partial charge in [0.1, 0.15) is 6.33 Å². The Bertz CT molecular complexity index is 378. The quantitative estimate of drug-likeness (QED) is 0.614. The van der Waals surface area contributed by atoms with Crippen LogP contribution >= 0.6 is 0 Å². The molecule has 66 valence electrons. The first-order chi connectivity index (χ1) is 5.49. The van der Waals surface area contributed by atoms with Crippen LogP contribution in [0, 0.1) is 5.82 Å². The van der Waals surface area contributed by atoms with E-state index in [9.17, 15) is 12.8 Å². The molecule has 1 aromatic heterocycles. The van der Waals surface area contributed by atoms with Crippen molar-refractivity contribution in [2.75, 3.05) is 6.26 Å². The second-order valence-electron chi connectivity index (χ2n) is 1.96. The minimum Gasteiger partial charge on any atom is -0.358 e. The molecule has 0 fully saturated rings. The fourth-order valence-electron chi connectivity index (χ4n) is 0.506. The lowest BCUT2D eigenvalue weighted by atomic mass is 10.6. The highest BCUT2D eigenvalue weighted by Crippen LogP contribution is 2.11. The van der Waals surface area contributed by atoms with E-state index < -0.39 is 21.8 Å². The number of rotatable bonds is 2. The first-order valence-electron chi connectivity index (χ1n) is 2.84. The van der Waals surface area contributed by atoms with Gasteiger partial charge in [0.2, 0.25) is 5.82 Å². The molecule has 0 saturated carbocycles. The zero-order valence-electron chi connectivity index (χ0n) is 6.06. The molecule has 0 amide bonds. The highest BCUT2D eigenvalue weighted by atomic mass is 32.2. The number of hydrogen-bond donors (Lipinski definition) is 0. The van der Waals surface area contributed by atoms with Gasteiger partial charge < -0.3 is 4.18 Å². The van der Waals surface area contributed by atoms with E-state index in [1.54, 1.807) is 0 Å². The summed E-state index contributed by atoms with van der Waals surface area (Å²) in [5.41, 5.74) is 0. The Morgan fingerprint density at radius 1 is 1.58 bits per heavy atom. The van der Waals surface area contributed by atoms with E-state index >= 15 is 0 Å². The summed E-state index contributed by atoms with van der Waals surface area (Å²) in [5.74, 6) is -1.50. The lowest BCUT2D eigenvalue weighted by Gasteiger charge is -2.00. The van der Waals surface area contributed by atoms with Crippen molar-refractivity contribution in [1.82, 2.24) is 9.97 Å². The molecule has 1 aromatic rings. The minimum absolute atomic E-state index is 0.590. The first kappa shape index (κ1) is 8.85. The number of halogens is 1. The van der Waals surface area contributed by atoms with Gasteiger partial charge in [-0.1, -0.05) is 0 Å². The van der Waals surface area contributed by atoms with Crippen molar-refractivity contribution in [2.24, 2.45) is 0 Å². The summed E-state index contributed by atoms with van der Waals surface area (Å²) in [5, 5.41) is 0. The molecule has 0 aliphatic carbocycles. The molecule has 0 atom stereocenters. The van der Waals surface area contributed by atoms with Gasteiger partial charge in [-0.15, -0.1) is 0 Å². The van der Waals surface area contributed by atoms with Crippen LogP contribution in [-0.4, -0.2) is 24.6 Å². The molecule has 0 saturated heterocycles. The van der Waals surface area contributed by atoms with Crippen molar-refractivity contribution in [2.45, 2.75) is 0 Å². The van der Waals surface area contributed by atoms with Crippen LogP contribution in [0.3, 0.4) is 0 Å². The smallest absolute Gasteiger partial charge is 0.307 e. The Morgan fingerprint density at radius 2 is 2.25 bits per heavy atom. The van der Waals surface area contributed by atoms with E-state index in [1.807, 2.05) is 0 Å². The van der Waals surface area contributed by atoms with Gasteiger partial charge in [0.25, 0.3) is 5.88 Å². The molecule has 0 unspecified atom stereocenters. The van der Waals surface area contributed by atoms with E-state index in [0.717, 1.165) is 18.8 Å². The lowest BCUT2D eigenvalue weighted by molar-refractivity contribution is 0.450. The van der Waals surface area contributed by atoms with Gasteiger partial charge in [-0.2, -0.15) is 17.8 Å². The Labute approximate surface area is 68.3 Å². The Hall–Kier alpha value is -1.24. The maximum absolute atomic E-state index is 12.6. The maximum Gasteiger partial charge on any atom is 0.307 e. The highest BCUT2D eigenvalue weighted by molar-refractivity contribution is 7.86. The van der Waals surface area contributed by atoms with Crippen LogP contribution in [-0.2, 0) is 10.1 Å². The second-order valence-corrected chi connectivity index (χ2v) is 3.54. The third-order valence-corrected chi connectivity index (χ3v) is 1.32. The first-order valence-corrected chi connectivity index (χ1v) is 4.65. The van der Waals surface area contributed by atoms with Crippen LogP contribution in [0.1, 0.15) is 0 Å². The van der Waals surface area contributed by atoms with Crippen LogP contribution in [0.4, 0.5) is 4.39 Å². The molecule has 5 nitrogen and oxygen atoms in total. The topological polar surface area (TPSA) is 69.2 Å². The van der Waals surface area contributed by atoms with Gasteiger partial charge in [-0.25, -0.2) is 4.98 Å². The van der Waals surface area contributed by atoms with Crippen molar-refractivity contribution in [3.63, 3.8) is 0 Å². The normalized spacial score (nSPS) is 11.2. The Morgan fingerprint density at radius 3 is 2.75 bits per heavy atom. The molecule has 0 spiro atoms. The van der Waals surface area contributed by atoms with Crippen molar-refractivity contribution in [3.8, 4) is 5.88 Å². The Balaban J connectivity index is 2.98. The van der Waals surface area contributed by atoms with E-state index in [1.165, 1.54) is 0 Å². The van der Waals surface area contributed by atoms with Crippen LogP contribution in [0.2, 0.25) is 0 Å². The Kier molecular flexibility index (Phi) is 2.22. The van der Waals surface area contributed by atoms with Crippen molar-refractivity contribution in [3.05, 3.63) is 18.3 Å². The van der Waals surface area contributed by atoms with Crippen LogP contribution in [0.15, 0.2) is 12.5 Å². The number of aromatic nitrogens is 2. The van der Waals surface area contributed by atoms with Crippen molar-refractivity contribution >= 4 is 10.1 Å². The number of nitrogens with zero attached hydrogens (tertiary/aromatic N) is 2. The summed E-state index contributed by atoms with van der Waals surface area (Å²) in [6.07, 6.45) is 2.60. The molecule has 12 heavy (non-hydrogen) atoms. The minimum atomic E-state index is -3.73. The molecular weight excluding hydrogens is 187 g/mol. The van der Waals surface area contributed by atoms with Gasteiger partial charge in [0, 0.05) is 0 Å². The molecule has 0 aromatic carbocycles. The van der Waals surface area contributed by atoms with E-state index in [-0.39, 0.29) is 0 Å². The molecule has 0 bridgehead atoms. The molecule has 0 aliphatic heterocycles. The highest BCUT2D eigenvalue weighted by Gasteiger charge is 2.10. The fourth-order valence-corrected chi connectivity index (χ4v) is 0.916. The average Bonchev–Trinajstić information content (AvgIpc) is 1.91. The largest absolute Gasteiger partial charge is 0.358 e. The van der Waals surface area contributed by atoms with Crippen molar-refractivity contribution in [1.29, 1.82) is 0 Å². The van der Waals surface area contributed by atoms with E-state index in [0.29, 0.717) is 0 Å². The monoisotopic (exact) mass is 192 g/mol. The second kappa shape index (κ2) is 3.02. The molecule has 0 radical (unpaired) electrons. The van der Waals surface area contributed by atoms with Crippen molar-refractivity contribution < 1.29 is 17.0 Å². The fraction of sp³-hybridized carbons (Fsp3) is 0.200. The van der Waals surface area contributed by atoms with Crippen LogP contribution in [0.5, 0.6) is 5.88 Å². The van der Waals surface area contributed by atoms with Gasteiger partial charge in [-0.3, -0.25) is 0 Å². The number of hydrogen-bond acceptors (Lipinski definition) is 5. The zero-order chi connectivity index (χ0) is 9.19. The lowest BCUT2D eigenvalue weighted by Crippen LogP contribution is -2.08. The summed E-state index contributed by atoms with van der Waals surface area (Å²) in [6, 6.07) is 0. The van der Waals surface area contributed by atoms with E-state index in [4.69, 9.17) is 0 Å². The maximum atomic E-state index is 12.6. The standard InChI is InChI=1S/C5H5FN2O3S/c1-12(9,10)11-5-4(6)2-7-3-8-5/h2-3H,1H3. The van der Waals surface area contributed by atoms with Crippen LogP contribution < -0.4 is 4.18 Å². The van der Waals surface area contributed by atoms with Gasteiger partial charge in [-0.05, 0) is 0 Å². The summed E-state index contributed by atoms with van der Waals surface area (Å²) < 4.78 is 37.8. The predicted octanol–water partition coefficient (Wildman–Crippen LogP) is -0.0459. The molecule has 0 aliphatic rings. The zero-order valence-corrected chi connectivity index (χ0v) is 6.88. The SMILES string of the molecule is CS(=O)(=O)Oc1ncncc1F. The molecule has 1 rings (SSSR count). The molecule has 0 N–H and O–H groups in total. The summed E-state index contributed by atoms with van der Waals surface area (Å²) >= 11 is 0. The third kappa shape index (κ3) is 2.42. The molecule has 7 heteroatoms. The molecule has 1 heterocycles. The van der Waals surface area contributed by atoms with E-state index in [2.05, 4.69) is 14.2 Å². The third-order valence-electron chi connectivity index (χ3n) is 0.864. The summed E-state index contributed by atoms with van der Waals surface area (Å²) in [7, 11) is -3.73. The summed E-state index contributed by atoms with van der Waals surface area (Å²) in [6.45, 7) is 0. The van der Waals surface area contributed by atoms with Gasteiger partial charge in [0.05, 0.1) is 12.5 Å². The predicted molar refractivity (Wildman–Crippen MR) is 37.5 cm³/mol. The summed E-state index contributed by atoms with van der Waals surface area (Å²) in [4.78, 5) is 6.59. The average molecular weight is 192 g/mol. The molecular formula is C5H5FN2O3S. The van der Waals surface area contributed by atoms with Gasteiger partial charge >= 0.3 is 10.1 Å². The van der Waals surface area contributed by atoms with Gasteiger partial charge in [0.15, 0.2) is 0 Å². The van der Waals surface area contributed by atoms with Crippen LogP contribution in [0.25, 0.3) is 0 Å².